The number of likely N-dealkylation sites (tertiary alicyclic amines) is 1. The zero-order valence-corrected chi connectivity index (χ0v) is 11.8. The molecule has 1 N–H and O–H groups in total. The SMILES string of the molecule is O=CC1CCCCN1CCC(=O)NC1CCCCC1. The van der Waals surface area contributed by atoms with Gasteiger partial charge in [0.1, 0.15) is 6.29 Å². The van der Waals surface area contributed by atoms with Crippen LogP contribution >= 0.6 is 0 Å². The van der Waals surface area contributed by atoms with Crippen LogP contribution in [0.25, 0.3) is 0 Å². The number of nitrogens with zero attached hydrogens (tertiary/aromatic N) is 1. The topological polar surface area (TPSA) is 49.4 Å². The molecule has 4 nitrogen and oxygen atoms in total. The van der Waals surface area contributed by atoms with Crippen molar-refractivity contribution in [3.05, 3.63) is 0 Å². The van der Waals surface area contributed by atoms with Crippen LogP contribution in [-0.4, -0.2) is 42.3 Å². The van der Waals surface area contributed by atoms with Crippen molar-refractivity contribution in [3.63, 3.8) is 0 Å². The van der Waals surface area contributed by atoms with E-state index < -0.39 is 0 Å². The zero-order chi connectivity index (χ0) is 13.5. The Morgan fingerprint density at radius 3 is 2.58 bits per heavy atom. The first-order valence-electron chi connectivity index (χ1n) is 7.78. The molecule has 0 radical (unpaired) electrons. The summed E-state index contributed by atoms with van der Waals surface area (Å²) in [5.41, 5.74) is 0. The average molecular weight is 266 g/mol. The Bertz CT molecular complexity index is 301. The van der Waals surface area contributed by atoms with Crippen molar-refractivity contribution in [2.45, 2.75) is 69.9 Å². The van der Waals surface area contributed by atoms with E-state index in [9.17, 15) is 9.59 Å². The number of piperidine rings is 1. The quantitative estimate of drug-likeness (QED) is 0.773. The van der Waals surface area contributed by atoms with Crippen LogP contribution in [0.3, 0.4) is 0 Å². The van der Waals surface area contributed by atoms with Crippen LogP contribution in [0.1, 0.15) is 57.8 Å². The number of rotatable bonds is 5. The Kier molecular flexibility index (Phi) is 5.83. The second kappa shape index (κ2) is 7.63. The Hall–Kier alpha value is -0.900. The number of hydrogen-bond acceptors (Lipinski definition) is 3. The van der Waals surface area contributed by atoms with Gasteiger partial charge in [-0.05, 0) is 32.2 Å². The Balaban J connectivity index is 1.68. The van der Waals surface area contributed by atoms with Crippen molar-refractivity contribution in [3.8, 4) is 0 Å². The van der Waals surface area contributed by atoms with Gasteiger partial charge in [-0.25, -0.2) is 0 Å². The summed E-state index contributed by atoms with van der Waals surface area (Å²) in [6.07, 6.45) is 10.9. The van der Waals surface area contributed by atoms with Gasteiger partial charge >= 0.3 is 0 Å². The van der Waals surface area contributed by atoms with Crippen LogP contribution in [-0.2, 0) is 9.59 Å². The van der Waals surface area contributed by atoms with Crippen LogP contribution in [0.15, 0.2) is 0 Å². The van der Waals surface area contributed by atoms with Crippen molar-refractivity contribution in [2.75, 3.05) is 13.1 Å². The van der Waals surface area contributed by atoms with Crippen LogP contribution in [0.4, 0.5) is 0 Å². The summed E-state index contributed by atoms with van der Waals surface area (Å²) in [6.45, 7) is 1.68. The number of carbonyl (C=O) groups excluding carboxylic acids is 2. The fourth-order valence-electron chi connectivity index (χ4n) is 3.24. The van der Waals surface area contributed by atoms with Gasteiger partial charge in [0.15, 0.2) is 0 Å². The molecule has 0 bridgehead atoms. The van der Waals surface area contributed by atoms with E-state index in [2.05, 4.69) is 10.2 Å². The Morgan fingerprint density at radius 2 is 1.84 bits per heavy atom. The molecule has 2 aliphatic rings. The number of amides is 1. The molecule has 0 aromatic rings. The summed E-state index contributed by atoms with van der Waals surface area (Å²) in [7, 11) is 0. The lowest BCUT2D eigenvalue weighted by Gasteiger charge is -2.32. The molecule has 19 heavy (non-hydrogen) atoms. The van der Waals surface area contributed by atoms with E-state index in [0.29, 0.717) is 12.5 Å². The predicted molar refractivity (Wildman–Crippen MR) is 74.9 cm³/mol. The van der Waals surface area contributed by atoms with Gasteiger partial charge in [0.05, 0.1) is 6.04 Å². The van der Waals surface area contributed by atoms with Gasteiger partial charge in [0.2, 0.25) is 5.91 Å². The van der Waals surface area contributed by atoms with Gasteiger partial charge in [-0.1, -0.05) is 25.7 Å². The molecule has 1 aliphatic carbocycles. The average Bonchev–Trinajstić information content (AvgIpc) is 2.46. The molecule has 1 amide bonds. The van der Waals surface area contributed by atoms with Crippen LogP contribution in [0, 0.1) is 0 Å². The molecule has 1 saturated heterocycles. The molecule has 2 rings (SSSR count). The van der Waals surface area contributed by atoms with Crippen LogP contribution < -0.4 is 5.32 Å². The first-order valence-corrected chi connectivity index (χ1v) is 7.78. The summed E-state index contributed by atoms with van der Waals surface area (Å²) in [5, 5.41) is 3.14. The minimum absolute atomic E-state index is 0.0382. The minimum atomic E-state index is 0.0382. The van der Waals surface area contributed by atoms with E-state index in [0.717, 1.165) is 51.5 Å². The molecule has 2 fully saturated rings. The summed E-state index contributed by atoms with van der Waals surface area (Å²) < 4.78 is 0. The van der Waals surface area contributed by atoms with E-state index in [1.54, 1.807) is 0 Å². The largest absolute Gasteiger partial charge is 0.353 e. The molecule has 1 atom stereocenters. The third kappa shape index (κ3) is 4.60. The number of carbonyl (C=O) groups is 2. The van der Waals surface area contributed by atoms with Crippen molar-refractivity contribution in [2.24, 2.45) is 0 Å². The van der Waals surface area contributed by atoms with Crippen molar-refractivity contribution in [1.29, 1.82) is 0 Å². The molecule has 1 heterocycles. The molecule has 1 aliphatic heterocycles. The molecular weight excluding hydrogens is 240 g/mol. The highest BCUT2D eigenvalue weighted by Crippen LogP contribution is 2.18. The van der Waals surface area contributed by atoms with E-state index in [1.165, 1.54) is 19.3 Å². The maximum atomic E-state index is 11.9. The summed E-state index contributed by atoms with van der Waals surface area (Å²) in [6, 6.07) is 0.431. The number of aldehydes is 1. The van der Waals surface area contributed by atoms with Gasteiger partial charge < -0.3 is 10.1 Å². The zero-order valence-electron chi connectivity index (χ0n) is 11.8. The summed E-state index contributed by atoms with van der Waals surface area (Å²) >= 11 is 0. The van der Waals surface area contributed by atoms with Crippen molar-refractivity contribution >= 4 is 12.2 Å². The van der Waals surface area contributed by atoms with Crippen molar-refractivity contribution < 1.29 is 9.59 Å². The fourth-order valence-corrected chi connectivity index (χ4v) is 3.24. The van der Waals surface area contributed by atoms with Gasteiger partial charge in [0, 0.05) is 19.0 Å². The van der Waals surface area contributed by atoms with Crippen LogP contribution in [0.5, 0.6) is 0 Å². The molecule has 0 spiro atoms. The smallest absolute Gasteiger partial charge is 0.221 e. The third-order valence-electron chi connectivity index (χ3n) is 4.42. The molecule has 1 saturated carbocycles. The lowest BCUT2D eigenvalue weighted by Crippen LogP contribution is -2.43. The van der Waals surface area contributed by atoms with Gasteiger partial charge in [0.25, 0.3) is 0 Å². The standard InChI is InChI=1S/C15H26N2O2/c18-12-14-8-4-5-10-17(14)11-9-15(19)16-13-6-2-1-3-7-13/h12-14H,1-11H2,(H,16,19). The lowest BCUT2D eigenvalue weighted by molar-refractivity contribution is -0.123. The molecule has 1 unspecified atom stereocenters. The van der Waals surface area contributed by atoms with Gasteiger partial charge in [-0.15, -0.1) is 0 Å². The first-order chi connectivity index (χ1) is 9.29. The van der Waals surface area contributed by atoms with E-state index in [4.69, 9.17) is 0 Å². The normalized spacial score (nSPS) is 26.0. The Labute approximate surface area is 115 Å². The summed E-state index contributed by atoms with van der Waals surface area (Å²) in [4.78, 5) is 25.1. The van der Waals surface area contributed by atoms with E-state index in [-0.39, 0.29) is 11.9 Å². The van der Waals surface area contributed by atoms with E-state index in [1.807, 2.05) is 0 Å². The van der Waals surface area contributed by atoms with Gasteiger partial charge in [-0.3, -0.25) is 9.69 Å². The second-order valence-electron chi connectivity index (χ2n) is 5.89. The predicted octanol–water partition coefficient (Wildman–Crippen LogP) is 1.88. The van der Waals surface area contributed by atoms with Crippen LogP contribution in [0.2, 0.25) is 0 Å². The first kappa shape index (κ1) is 14.5. The number of hydrogen-bond donors (Lipinski definition) is 1. The lowest BCUT2D eigenvalue weighted by atomic mass is 9.95. The highest BCUT2D eigenvalue weighted by atomic mass is 16.1. The number of nitrogens with one attached hydrogen (secondary N) is 1. The molecular formula is C15H26N2O2. The summed E-state index contributed by atoms with van der Waals surface area (Å²) in [5.74, 6) is 0.155. The minimum Gasteiger partial charge on any atom is -0.353 e. The highest BCUT2D eigenvalue weighted by molar-refractivity contribution is 5.76. The maximum Gasteiger partial charge on any atom is 0.221 e. The second-order valence-corrected chi connectivity index (χ2v) is 5.89. The fraction of sp³-hybridized carbons (Fsp3) is 0.867. The van der Waals surface area contributed by atoms with Gasteiger partial charge in [-0.2, -0.15) is 0 Å². The Morgan fingerprint density at radius 1 is 1.11 bits per heavy atom. The van der Waals surface area contributed by atoms with Crippen molar-refractivity contribution in [1.82, 2.24) is 10.2 Å². The highest BCUT2D eigenvalue weighted by Gasteiger charge is 2.22. The molecule has 108 valence electrons. The molecule has 0 aromatic carbocycles. The molecule has 0 aromatic heterocycles. The molecule has 4 heteroatoms. The van der Waals surface area contributed by atoms with E-state index >= 15 is 0 Å². The third-order valence-corrected chi connectivity index (χ3v) is 4.42. The monoisotopic (exact) mass is 266 g/mol. The maximum absolute atomic E-state index is 11.9.